The third kappa shape index (κ3) is 8.03. The molecule has 0 aliphatic carbocycles. The van der Waals surface area contributed by atoms with Crippen LogP contribution >= 0.6 is 0 Å². The van der Waals surface area contributed by atoms with Gasteiger partial charge in [0.1, 0.15) is 12.4 Å². The monoisotopic (exact) mass is 314 g/mol. The van der Waals surface area contributed by atoms with Crippen LogP contribution in [-0.2, 0) is 10.0 Å². The number of nitrogens with one attached hydrogen (secondary N) is 2. The van der Waals surface area contributed by atoms with Gasteiger partial charge in [0.05, 0.1) is 12.8 Å². The number of anilines is 1. The Hall–Kier alpha value is -1.96. The predicted octanol–water partition coefficient (Wildman–Crippen LogP) is 0.751. The Morgan fingerprint density at radius 3 is 2.57 bits per heavy atom. The van der Waals surface area contributed by atoms with E-state index in [9.17, 15) is 8.42 Å². The summed E-state index contributed by atoms with van der Waals surface area (Å²) in [5.74, 6) is 1.06. The normalized spacial score (nSPS) is 12.0. The number of sulfonamides is 1. The molecular formula is C13H22N4O3S. The second-order valence-corrected chi connectivity index (χ2v) is 6.19. The van der Waals surface area contributed by atoms with E-state index in [0.29, 0.717) is 37.1 Å². The number of hydrogen-bond donors (Lipinski definition) is 3. The number of rotatable bonds is 8. The molecular weight excluding hydrogens is 292 g/mol. The minimum absolute atomic E-state index is 0.410. The first-order valence-electron chi connectivity index (χ1n) is 6.65. The summed E-state index contributed by atoms with van der Waals surface area (Å²) in [6.07, 6.45) is 2.06. The molecule has 0 aromatic heterocycles. The summed E-state index contributed by atoms with van der Waals surface area (Å²) in [6.45, 7) is 3.71. The van der Waals surface area contributed by atoms with Crippen molar-refractivity contribution in [1.82, 2.24) is 5.32 Å². The van der Waals surface area contributed by atoms with Gasteiger partial charge in [-0.3, -0.25) is 9.71 Å². The fraction of sp³-hybridized carbons (Fsp3) is 0.462. The molecule has 0 bridgehead atoms. The summed E-state index contributed by atoms with van der Waals surface area (Å²) in [6, 6.07) is 6.67. The Balaban J connectivity index is 2.33. The van der Waals surface area contributed by atoms with Crippen LogP contribution in [0.3, 0.4) is 0 Å². The molecule has 0 atom stereocenters. The van der Waals surface area contributed by atoms with Gasteiger partial charge in [0.15, 0.2) is 5.96 Å². The summed E-state index contributed by atoms with van der Waals surface area (Å²) in [5, 5.41) is 2.94. The maximum atomic E-state index is 11.1. The third-order valence-electron chi connectivity index (χ3n) is 2.34. The molecule has 1 aromatic rings. The van der Waals surface area contributed by atoms with E-state index in [-0.39, 0.29) is 0 Å². The first-order chi connectivity index (χ1) is 9.90. The predicted molar refractivity (Wildman–Crippen MR) is 85.2 cm³/mol. The van der Waals surface area contributed by atoms with Crippen molar-refractivity contribution < 1.29 is 13.2 Å². The second-order valence-electron chi connectivity index (χ2n) is 4.44. The van der Waals surface area contributed by atoms with Crippen LogP contribution in [0.25, 0.3) is 0 Å². The molecule has 8 heteroatoms. The fourth-order valence-electron chi connectivity index (χ4n) is 1.47. The van der Waals surface area contributed by atoms with E-state index in [2.05, 4.69) is 15.0 Å². The van der Waals surface area contributed by atoms with Crippen molar-refractivity contribution in [2.75, 3.05) is 30.7 Å². The molecule has 0 heterocycles. The van der Waals surface area contributed by atoms with E-state index in [4.69, 9.17) is 10.5 Å². The standard InChI is InChI=1S/C13H22N4O3S/c1-3-8-15-13(14)16-9-10-20-12-6-4-11(5-7-12)17-21(2,18)19/h4-7,17H,3,8-10H2,1-2H3,(H3,14,15,16). The summed E-state index contributed by atoms with van der Waals surface area (Å²) < 4.78 is 30.0. The molecule has 0 unspecified atom stereocenters. The van der Waals surface area contributed by atoms with Crippen LogP contribution in [0.4, 0.5) is 5.69 Å². The van der Waals surface area contributed by atoms with Crippen molar-refractivity contribution in [3.8, 4) is 5.75 Å². The first-order valence-corrected chi connectivity index (χ1v) is 8.54. The molecule has 0 fully saturated rings. The topological polar surface area (TPSA) is 106 Å². The van der Waals surface area contributed by atoms with Crippen molar-refractivity contribution in [3.63, 3.8) is 0 Å². The molecule has 0 amide bonds. The van der Waals surface area contributed by atoms with Crippen LogP contribution in [0.1, 0.15) is 13.3 Å². The maximum Gasteiger partial charge on any atom is 0.229 e. The lowest BCUT2D eigenvalue weighted by atomic mass is 10.3. The number of aliphatic imine (C=N–C) groups is 1. The van der Waals surface area contributed by atoms with Gasteiger partial charge in [0.2, 0.25) is 10.0 Å². The number of hydrogen-bond acceptors (Lipinski definition) is 4. The molecule has 0 saturated heterocycles. The number of ether oxygens (including phenoxy) is 1. The van der Waals surface area contributed by atoms with E-state index in [0.717, 1.165) is 12.7 Å². The molecule has 118 valence electrons. The number of guanidine groups is 1. The average Bonchev–Trinajstić information content (AvgIpc) is 2.41. The van der Waals surface area contributed by atoms with Gasteiger partial charge in [-0.2, -0.15) is 0 Å². The molecule has 21 heavy (non-hydrogen) atoms. The van der Waals surface area contributed by atoms with Gasteiger partial charge in [-0.25, -0.2) is 8.42 Å². The van der Waals surface area contributed by atoms with Crippen LogP contribution in [-0.4, -0.2) is 40.3 Å². The lowest BCUT2D eigenvalue weighted by Gasteiger charge is -2.09. The van der Waals surface area contributed by atoms with Gasteiger partial charge in [0, 0.05) is 12.2 Å². The van der Waals surface area contributed by atoms with Gasteiger partial charge in [0.25, 0.3) is 0 Å². The molecule has 0 radical (unpaired) electrons. The van der Waals surface area contributed by atoms with Gasteiger partial charge in [-0.1, -0.05) is 6.92 Å². The zero-order chi connectivity index (χ0) is 15.7. The summed E-state index contributed by atoms with van der Waals surface area (Å²) >= 11 is 0. The lowest BCUT2D eigenvalue weighted by Crippen LogP contribution is -2.34. The zero-order valence-corrected chi connectivity index (χ0v) is 13.1. The molecule has 0 spiro atoms. The minimum Gasteiger partial charge on any atom is -0.492 e. The van der Waals surface area contributed by atoms with Crippen molar-refractivity contribution in [1.29, 1.82) is 0 Å². The molecule has 0 aliphatic heterocycles. The van der Waals surface area contributed by atoms with Crippen LogP contribution in [0.2, 0.25) is 0 Å². The second kappa shape index (κ2) is 8.35. The van der Waals surface area contributed by atoms with Gasteiger partial charge >= 0.3 is 0 Å². The van der Waals surface area contributed by atoms with Crippen molar-refractivity contribution >= 4 is 21.7 Å². The van der Waals surface area contributed by atoms with Crippen LogP contribution in [0.5, 0.6) is 5.75 Å². The first kappa shape index (κ1) is 17.1. The fourth-order valence-corrected chi connectivity index (χ4v) is 2.03. The van der Waals surface area contributed by atoms with Crippen LogP contribution in [0, 0.1) is 0 Å². The van der Waals surface area contributed by atoms with E-state index >= 15 is 0 Å². The highest BCUT2D eigenvalue weighted by Gasteiger charge is 2.01. The Morgan fingerprint density at radius 2 is 2.00 bits per heavy atom. The molecule has 0 aliphatic rings. The lowest BCUT2D eigenvalue weighted by molar-refractivity contribution is 0.322. The molecule has 0 saturated carbocycles. The van der Waals surface area contributed by atoms with E-state index in [1.54, 1.807) is 24.3 Å². The minimum atomic E-state index is -3.26. The van der Waals surface area contributed by atoms with E-state index in [1.807, 2.05) is 6.92 Å². The zero-order valence-electron chi connectivity index (χ0n) is 12.3. The van der Waals surface area contributed by atoms with Crippen molar-refractivity contribution in [2.45, 2.75) is 13.3 Å². The quantitative estimate of drug-likeness (QED) is 0.373. The maximum absolute atomic E-state index is 11.1. The van der Waals surface area contributed by atoms with E-state index < -0.39 is 10.0 Å². The number of nitrogens with two attached hydrogens (primary N) is 1. The average molecular weight is 314 g/mol. The highest BCUT2D eigenvalue weighted by molar-refractivity contribution is 7.92. The smallest absolute Gasteiger partial charge is 0.229 e. The summed E-state index contributed by atoms with van der Waals surface area (Å²) in [4.78, 5) is 4.10. The highest BCUT2D eigenvalue weighted by Crippen LogP contribution is 2.16. The van der Waals surface area contributed by atoms with Crippen molar-refractivity contribution in [3.05, 3.63) is 24.3 Å². The largest absolute Gasteiger partial charge is 0.492 e. The Morgan fingerprint density at radius 1 is 1.33 bits per heavy atom. The highest BCUT2D eigenvalue weighted by atomic mass is 32.2. The van der Waals surface area contributed by atoms with Crippen LogP contribution in [0.15, 0.2) is 29.3 Å². The Labute approximate surface area is 125 Å². The molecule has 7 nitrogen and oxygen atoms in total. The van der Waals surface area contributed by atoms with Gasteiger partial charge in [-0.05, 0) is 30.7 Å². The SMILES string of the molecule is CCCN=C(N)NCCOc1ccc(NS(C)(=O)=O)cc1. The molecule has 1 aromatic carbocycles. The van der Waals surface area contributed by atoms with E-state index in [1.165, 1.54) is 0 Å². The molecule has 4 N–H and O–H groups in total. The number of nitrogens with zero attached hydrogens (tertiary/aromatic N) is 1. The van der Waals surface area contributed by atoms with Gasteiger partial charge in [-0.15, -0.1) is 0 Å². The Kier molecular flexibility index (Phi) is 6.80. The summed E-state index contributed by atoms with van der Waals surface area (Å²) in [5.41, 5.74) is 6.14. The third-order valence-corrected chi connectivity index (χ3v) is 2.95. The number of benzene rings is 1. The van der Waals surface area contributed by atoms with Crippen LogP contribution < -0.4 is 20.5 Å². The molecule has 1 rings (SSSR count). The Bertz CT molecular complexity index is 555. The summed E-state index contributed by atoms with van der Waals surface area (Å²) in [7, 11) is -3.26. The van der Waals surface area contributed by atoms with Crippen molar-refractivity contribution in [2.24, 2.45) is 10.7 Å². The van der Waals surface area contributed by atoms with Gasteiger partial charge < -0.3 is 15.8 Å².